The lowest BCUT2D eigenvalue weighted by molar-refractivity contribution is 0.0112. The van der Waals surface area contributed by atoms with Crippen LogP contribution in [0.5, 0.6) is 0 Å². The SMILES string of the molecule is Cc1ccccc1-c1c(C)cnc(C2CNCCN2C(=O)OC(C)(C)C)c1C(N)=O. The number of pyridine rings is 1. The summed E-state index contributed by atoms with van der Waals surface area (Å²) in [5, 5.41) is 3.29. The number of aromatic nitrogens is 1. The zero-order valence-electron chi connectivity index (χ0n) is 18.3. The molecule has 0 bridgehead atoms. The van der Waals surface area contributed by atoms with Gasteiger partial charge in [-0.2, -0.15) is 0 Å². The van der Waals surface area contributed by atoms with E-state index >= 15 is 0 Å². The van der Waals surface area contributed by atoms with E-state index in [9.17, 15) is 9.59 Å². The molecule has 1 unspecified atom stereocenters. The van der Waals surface area contributed by atoms with Crippen LogP contribution < -0.4 is 11.1 Å². The maximum Gasteiger partial charge on any atom is 0.410 e. The third-order valence-electron chi connectivity index (χ3n) is 5.15. The molecular formula is C23H30N4O3. The van der Waals surface area contributed by atoms with Crippen molar-refractivity contribution in [3.05, 3.63) is 52.8 Å². The third-order valence-corrected chi connectivity index (χ3v) is 5.15. The molecule has 3 N–H and O–H groups in total. The molecular weight excluding hydrogens is 380 g/mol. The quantitative estimate of drug-likeness (QED) is 0.809. The van der Waals surface area contributed by atoms with Gasteiger partial charge in [-0.3, -0.25) is 14.7 Å². The number of nitrogens with two attached hydrogens (primary N) is 1. The Kier molecular flexibility index (Phi) is 6.12. The summed E-state index contributed by atoms with van der Waals surface area (Å²) in [6.45, 7) is 10.9. The molecule has 1 atom stereocenters. The Hall–Kier alpha value is -2.93. The molecule has 1 aromatic heterocycles. The highest BCUT2D eigenvalue weighted by Gasteiger charge is 2.35. The van der Waals surface area contributed by atoms with Gasteiger partial charge in [-0.15, -0.1) is 0 Å². The van der Waals surface area contributed by atoms with Gasteiger partial charge in [0.05, 0.1) is 17.3 Å². The second kappa shape index (κ2) is 8.44. The van der Waals surface area contributed by atoms with E-state index < -0.39 is 23.6 Å². The highest BCUT2D eigenvalue weighted by atomic mass is 16.6. The van der Waals surface area contributed by atoms with Gasteiger partial charge in [0, 0.05) is 31.4 Å². The fraction of sp³-hybridized carbons (Fsp3) is 0.435. The van der Waals surface area contributed by atoms with Gasteiger partial charge in [-0.1, -0.05) is 24.3 Å². The summed E-state index contributed by atoms with van der Waals surface area (Å²) in [6, 6.07) is 7.39. The number of hydrogen-bond donors (Lipinski definition) is 2. The number of primary amides is 1. The average Bonchev–Trinajstić information content (AvgIpc) is 2.67. The van der Waals surface area contributed by atoms with E-state index in [0.29, 0.717) is 30.9 Å². The van der Waals surface area contributed by atoms with Crippen LogP contribution in [0.1, 0.15) is 54.0 Å². The van der Waals surface area contributed by atoms with E-state index in [-0.39, 0.29) is 0 Å². The van der Waals surface area contributed by atoms with Gasteiger partial charge < -0.3 is 15.8 Å². The minimum atomic E-state index is -0.619. The molecule has 7 heteroatoms. The predicted octanol–water partition coefficient (Wildman–Crippen LogP) is 3.35. The largest absolute Gasteiger partial charge is 0.444 e. The summed E-state index contributed by atoms with van der Waals surface area (Å²) in [5.41, 5.74) is 9.68. The first kappa shape index (κ1) is 21.8. The van der Waals surface area contributed by atoms with Crippen LogP contribution in [-0.4, -0.2) is 47.1 Å². The lowest BCUT2D eigenvalue weighted by Gasteiger charge is -2.37. The number of aryl methyl sites for hydroxylation is 2. The Morgan fingerprint density at radius 1 is 1.20 bits per heavy atom. The number of carbonyl (C=O) groups excluding carboxylic acids is 2. The number of nitrogens with one attached hydrogen (secondary N) is 1. The second-order valence-electron chi connectivity index (χ2n) is 8.65. The van der Waals surface area contributed by atoms with Gasteiger partial charge in [-0.25, -0.2) is 4.79 Å². The van der Waals surface area contributed by atoms with Crippen molar-refractivity contribution in [1.82, 2.24) is 15.2 Å². The van der Waals surface area contributed by atoms with Crippen LogP contribution in [-0.2, 0) is 4.74 Å². The summed E-state index contributed by atoms with van der Waals surface area (Å²) in [6.07, 6.45) is 1.31. The number of benzene rings is 1. The van der Waals surface area contributed by atoms with E-state index in [1.165, 1.54) is 0 Å². The van der Waals surface area contributed by atoms with Crippen molar-refractivity contribution >= 4 is 12.0 Å². The summed E-state index contributed by atoms with van der Waals surface area (Å²) in [4.78, 5) is 31.8. The number of piperazine rings is 1. The van der Waals surface area contributed by atoms with Gasteiger partial charge in [0.15, 0.2) is 0 Å². The van der Waals surface area contributed by atoms with Gasteiger partial charge >= 0.3 is 6.09 Å². The van der Waals surface area contributed by atoms with Crippen LogP contribution in [0, 0.1) is 13.8 Å². The van der Waals surface area contributed by atoms with Gasteiger partial charge in [-0.05, 0) is 51.3 Å². The lowest BCUT2D eigenvalue weighted by atomic mass is 9.89. The van der Waals surface area contributed by atoms with Crippen molar-refractivity contribution in [3.8, 4) is 11.1 Å². The van der Waals surface area contributed by atoms with Gasteiger partial charge in [0.2, 0.25) is 0 Å². The Bertz CT molecular complexity index is 965. The van der Waals surface area contributed by atoms with Crippen LogP contribution in [0.15, 0.2) is 30.5 Å². The number of rotatable bonds is 3. The van der Waals surface area contributed by atoms with Gasteiger partial charge in [0.1, 0.15) is 5.60 Å². The number of amides is 2. The number of nitrogens with zero attached hydrogens (tertiary/aromatic N) is 2. The van der Waals surface area contributed by atoms with Crippen LogP contribution in [0.2, 0.25) is 0 Å². The van der Waals surface area contributed by atoms with Crippen molar-refractivity contribution in [2.45, 2.75) is 46.3 Å². The zero-order chi connectivity index (χ0) is 22.1. The Labute approximate surface area is 177 Å². The normalized spacial score (nSPS) is 17.0. The minimum Gasteiger partial charge on any atom is -0.444 e. The monoisotopic (exact) mass is 410 g/mol. The number of ether oxygens (including phenoxy) is 1. The summed E-state index contributed by atoms with van der Waals surface area (Å²) >= 11 is 0. The third kappa shape index (κ3) is 4.46. The Balaban J connectivity index is 2.15. The molecule has 2 amide bonds. The number of carbonyl (C=O) groups is 2. The first-order chi connectivity index (χ1) is 14.1. The molecule has 3 rings (SSSR count). The Morgan fingerprint density at radius 3 is 2.53 bits per heavy atom. The molecule has 7 nitrogen and oxygen atoms in total. The first-order valence-corrected chi connectivity index (χ1v) is 10.2. The van der Waals surface area contributed by atoms with E-state index in [1.54, 1.807) is 11.1 Å². The molecule has 2 heterocycles. The van der Waals surface area contributed by atoms with Crippen LogP contribution in [0.4, 0.5) is 4.79 Å². The topological polar surface area (TPSA) is 97.6 Å². The maximum atomic E-state index is 12.9. The first-order valence-electron chi connectivity index (χ1n) is 10.2. The minimum absolute atomic E-state index is 0.353. The van der Waals surface area contributed by atoms with E-state index in [4.69, 9.17) is 10.5 Å². The van der Waals surface area contributed by atoms with Crippen LogP contribution in [0.3, 0.4) is 0 Å². The molecule has 0 spiro atoms. The van der Waals surface area contributed by atoms with Crippen LogP contribution in [0.25, 0.3) is 11.1 Å². The summed E-state index contributed by atoms with van der Waals surface area (Å²) in [7, 11) is 0. The zero-order valence-corrected chi connectivity index (χ0v) is 18.3. The predicted molar refractivity (Wildman–Crippen MR) is 116 cm³/mol. The lowest BCUT2D eigenvalue weighted by Crippen LogP contribution is -2.50. The smallest absolute Gasteiger partial charge is 0.410 e. The molecule has 2 aromatic rings. The maximum absolute atomic E-state index is 12.9. The Morgan fingerprint density at radius 2 is 1.90 bits per heavy atom. The fourth-order valence-corrected chi connectivity index (χ4v) is 3.81. The van der Waals surface area contributed by atoms with Gasteiger partial charge in [0.25, 0.3) is 5.91 Å². The van der Waals surface area contributed by atoms with E-state index in [2.05, 4.69) is 10.3 Å². The van der Waals surface area contributed by atoms with Crippen molar-refractivity contribution in [3.63, 3.8) is 0 Å². The highest BCUT2D eigenvalue weighted by molar-refractivity contribution is 6.02. The molecule has 1 aromatic carbocycles. The molecule has 1 fully saturated rings. The average molecular weight is 411 g/mol. The van der Waals surface area contributed by atoms with E-state index in [0.717, 1.165) is 22.3 Å². The van der Waals surface area contributed by atoms with Crippen molar-refractivity contribution in [2.75, 3.05) is 19.6 Å². The molecule has 0 radical (unpaired) electrons. The molecule has 30 heavy (non-hydrogen) atoms. The second-order valence-corrected chi connectivity index (χ2v) is 8.65. The summed E-state index contributed by atoms with van der Waals surface area (Å²) in [5.74, 6) is -0.561. The molecule has 160 valence electrons. The number of hydrogen-bond acceptors (Lipinski definition) is 5. The molecule has 1 aliphatic heterocycles. The van der Waals surface area contributed by atoms with Crippen molar-refractivity contribution < 1.29 is 14.3 Å². The molecule has 1 saturated heterocycles. The molecule has 1 aliphatic rings. The molecule has 0 aliphatic carbocycles. The van der Waals surface area contributed by atoms with E-state index in [1.807, 2.05) is 58.9 Å². The van der Waals surface area contributed by atoms with Crippen molar-refractivity contribution in [2.24, 2.45) is 5.73 Å². The fourth-order valence-electron chi connectivity index (χ4n) is 3.81. The molecule has 0 saturated carbocycles. The highest BCUT2D eigenvalue weighted by Crippen LogP contribution is 2.35. The summed E-state index contributed by atoms with van der Waals surface area (Å²) < 4.78 is 5.60. The van der Waals surface area contributed by atoms with Crippen LogP contribution >= 0.6 is 0 Å². The standard InChI is InChI=1S/C23H30N4O3/c1-14-8-6-7-9-16(14)18-15(2)12-26-20(19(18)21(24)28)17-13-25-10-11-27(17)22(29)30-23(3,4)5/h6-9,12,17,25H,10-11,13H2,1-5H3,(H2,24,28). The van der Waals surface area contributed by atoms with Crippen molar-refractivity contribution in [1.29, 1.82) is 0 Å².